The van der Waals surface area contributed by atoms with Gasteiger partial charge >= 0.3 is 0 Å². The molecule has 0 bridgehead atoms. The Hall–Kier alpha value is -1.12. The van der Waals surface area contributed by atoms with Crippen molar-refractivity contribution in [1.82, 2.24) is 5.32 Å². The molecule has 0 saturated heterocycles. The zero-order valence-corrected chi connectivity index (χ0v) is 9.01. The van der Waals surface area contributed by atoms with E-state index in [-0.39, 0.29) is 5.91 Å². The summed E-state index contributed by atoms with van der Waals surface area (Å²) in [6.07, 6.45) is 1.61. The summed E-state index contributed by atoms with van der Waals surface area (Å²) in [6, 6.07) is 0. The van der Waals surface area contributed by atoms with Crippen LogP contribution in [0.4, 0.5) is 0 Å². The number of nitrogens with zero attached hydrogens (tertiary/aromatic N) is 1. The molecule has 1 amide bonds. The Kier molecular flexibility index (Phi) is 5.04. The molecule has 0 spiro atoms. The molecular weight excluding hydrogens is 164 g/mol. The second-order valence-corrected chi connectivity index (χ2v) is 3.22. The maximum atomic E-state index is 11.4. The van der Waals surface area contributed by atoms with Gasteiger partial charge in [-0.05, 0) is 12.8 Å². The van der Waals surface area contributed by atoms with Gasteiger partial charge in [0.15, 0.2) is 0 Å². The SMILES string of the molecule is CN=C/C(C(=O)NC)=C(\C)C(C)C. The van der Waals surface area contributed by atoms with E-state index in [0.717, 1.165) is 5.57 Å². The van der Waals surface area contributed by atoms with Crippen molar-refractivity contribution in [3.63, 3.8) is 0 Å². The first kappa shape index (κ1) is 11.9. The van der Waals surface area contributed by atoms with Gasteiger partial charge in [-0.3, -0.25) is 9.79 Å². The summed E-state index contributed by atoms with van der Waals surface area (Å²) in [7, 11) is 3.29. The van der Waals surface area contributed by atoms with Crippen LogP contribution in [0.5, 0.6) is 0 Å². The van der Waals surface area contributed by atoms with Crippen LogP contribution in [-0.4, -0.2) is 26.2 Å². The molecule has 0 fully saturated rings. The fraction of sp³-hybridized carbons (Fsp3) is 0.600. The first-order valence-corrected chi connectivity index (χ1v) is 4.39. The van der Waals surface area contributed by atoms with Crippen LogP contribution >= 0.6 is 0 Å². The molecule has 0 rings (SSSR count). The lowest BCUT2D eigenvalue weighted by atomic mass is 9.99. The van der Waals surface area contributed by atoms with E-state index in [0.29, 0.717) is 11.5 Å². The van der Waals surface area contributed by atoms with Crippen molar-refractivity contribution in [2.24, 2.45) is 10.9 Å². The Bertz CT molecular complexity index is 239. The van der Waals surface area contributed by atoms with Gasteiger partial charge in [-0.1, -0.05) is 19.4 Å². The highest BCUT2D eigenvalue weighted by Gasteiger charge is 2.10. The molecule has 0 aliphatic heterocycles. The smallest absolute Gasteiger partial charge is 0.252 e. The van der Waals surface area contributed by atoms with E-state index < -0.39 is 0 Å². The molecular formula is C10H18N2O. The molecule has 0 aromatic heterocycles. The molecule has 0 aromatic rings. The van der Waals surface area contributed by atoms with Gasteiger partial charge in [-0.25, -0.2) is 0 Å². The predicted octanol–water partition coefficient (Wildman–Crippen LogP) is 1.41. The molecule has 0 aliphatic rings. The number of hydrogen-bond donors (Lipinski definition) is 1. The standard InChI is InChI=1S/C10H18N2O/c1-7(2)8(3)9(6-11-4)10(13)12-5/h6-7H,1-5H3,(H,12,13)/b9-8-,11-6?. The summed E-state index contributed by atoms with van der Waals surface area (Å²) in [5.41, 5.74) is 1.73. The Morgan fingerprint density at radius 2 is 2.00 bits per heavy atom. The fourth-order valence-electron chi connectivity index (χ4n) is 0.914. The van der Waals surface area contributed by atoms with E-state index in [9.17, 15) is 4.79 Å². The average Bonchev–Trinajstić information content (AvgIpc) is 2.11. The van der Waals surface area contributed by atoms with Crippen LogP contribution in [0.1, 0.15) is 20.8 Å². The molecule has 0 heterocycles. The quantitative estimate of drug-likeness (QED) is 0.520. The zero-order valence-electron chi connectivity index (χ0n) is 9.01. The van der Waals surface area contributed by atoms with Gasteiger partial charge in [-0.15, -0.1) is 0 Å². The predicted molar refractivity (Wildman–Crippen MR) is 56.0 cm³/mol. The van der Waals surface area contributed by atoms with Gasteiger partial charge in [0, 0.05) is 20.3 Å². The van der Waals surface area contributed by atoms with Gasteiger partial charge in [-0.2, -0.15) is 0 Å². The molecule has 0 atom stereocenters. The normalized spacial score (nSPS) is 13.4. The number of nitrogens with one attached hydrogen (secondary N) is 1. The lowest BCUT2D eigenvalue weighted by molar-refractivity contribution is -0.116. The Labute approximate surface area is 79.9 Å². The Morgan fingerprint density at radius 1 is 1.46 bits per heavy atom. The maximum Gasteiger partial charge on any atom is 0.252 e. The molecule has 1 N–H and O–H groups in total. The van der Waals surface area contributed by atoms with Crippen LogP contribution in [0.3, 0.4) is 0 Å². The zero-order chi connectivity index (χ0) is 10.4. The lowest BCUT2D eigenvalue weighted by Gasteiger charge is -2.09. The van der Waals surface area contributed by atoms with Gasteiger partial charge in [0.2, 0.25) is 0 Å². The van der Waals surface area contributed by atoms with Crippen LogP contribution < -0.4 is 5.32 Å². The van der Waals surface area contributed by atoms with E-state index >= 15 is 0 Å². The molecule has 3 heteroatoms. The second-order valence-electron chi connectivity index (χ2n) is 3.22. The largest absolute Gasteiger partial charge is 0.355 e. The minimum atomic E-state index is -0.0724. The topological polar surface area (TPSA) is 41.5 Å². The average molecular weight is 182 g/mol. The van der Waals surface area contributed by atoms with Gasteiger partial charge in [0.25, 0.3) is 5.91 Å². The molecule has 0 saturated carbocycles. The fourth-order valence-corrected chi connectivity index (χ4v) is 0.914. The first-order chi connectivity index (χ1) is 6.04. The lowest BCUT2D eigenvalue weighted by Crippen LogP contribution is -2.22. The van der Waals surface area contributed by atoms with Crippen LogP contribution in [0.25, 0.3) is 0 Å². The van der Waals surface area contributed by atoms with E-state index in [1.54, 1.807) is 20.3 Å². The first-order valence-electron chi connectivity index (χ1n) is 4.39. The number of amides is 1. The Balaban J connectivity index is 4.99. The van der Waals surface area contributed by atoms with Crippen molar-refractivity contribution in [2.75, 3.05) is 14.1 Å². The van der Waals surface area contributed by atoms with Crippen molar-refractivity contribution in [3.05, 3.63) is 11.1 Å². The van der Waals surface area contributed by atoms with Gasteiger partial charge in [0.05, 0.1) is 5.57 Å². The van der Waals surface area contributed by atoms with Crippen molar-refractivity contribution < 1.29 is 4.79 Å². The summed E-state index contributed by atoms with van der Waals surface area (Å²) >= 11 is 0. The van der Waals surface area contributed by atoms with Crippen LogP contribution in [-0.2, 0) is 4.79 Å². The summed E-state index contributed by atoms with van der Waals surface area (Å²) in [5, 5.41) is 2.60. The van der Waals surface area contributed by atoms with E-state index in [4.69, 9.17) is 0 Å². The third kappa shape index (κ3) is 3.40. The number of likely N-dealkylation sites (N-methyl/N-ethyl adjacent to an activating group) is 1. The third-order valence-electron chi connectivity index (χ3n) is 2.02. The van der Waals surface area contributed by atoms with Crippen LogP contribution in [0.15, 0.2) is 16.1 Å². The monoisotopic (exact) mass is 182 g/mol. The van der Waals surface area contributed by atoms with E-state index in [1.165, 1.54) is 0 Å². The number of rotatable bonds is 3. The van der Waals surface area contributed by atoms with Crippen LogP contribution in [0.2, 0.25) is 0 Å². The summed E-state index contributed by atoms with van der Waals surface area (Å²) in [4.78, 5) is 15.3. The number of aliphatic imine (C=N–C) groups is 1. The summed E-state index contributed by atoms with van der Waals surface area (Å²) in [6.45, 7) is 6.07. The molecule has 0 radical (unpaired) electrons. The Morgan fingerprint density at radius 3 is 2.31 bits per heavy atom. The summed E-state index contributed by atoms with van der Waals surface area (Å²) < 4.78 is 0. The van der Waals surface area contributed by atoms with Crippen molar-refractivity contribution >= 4 is 12.1 Å². The molecule has 0 unspecified atom stereocenters. The number of carbonyl (C=O) groups is 1. The molecule has 74 valence electrons. The number of hydrogen-bond acceptors (Lipinski definition) is 2. The van der Waals surface area contributed by atoms with Gasteiger partial charge < -0.3 is 5.32 Å². The summed E-state index contributed by atoms with van der Waals surface area (Å²) in [5.74, 6) is 0.294. The second kappa shape index (κ2) is 5.51. The highest BCUT2D eigenvalue weighted by atomic mass is 16.1. The minimum absolute atomic E-state index is 0.0724. The highest BCUT2D eigenvalue weighted by molar-refractivity contribution is 6.12. The molecule has 3 nitrogen and oxygen atoms in total. The highest BCUT2D eigenvalue weighted by Crippen LogP contribution is 2.12. The minimum Gasteiger partial charge on any atom is -0.355 e. The molecule has 0 aromatic carbocycles. The van der Waals surface area contributed by atoms with E-state index in [1.807, 2.05) is 6.92 Å². The van der Waals surface area contributed by atoms with Crippen molar-refractivity contribution in [3.8, 4) is 0 Å². The maximum absolute atomic E-state index is 11.4. The molecule has 13 heavy (non-hydrogen) atoms. The van der Waals surface area contributed by atoms with Crippen molar-refractivity contribution in [1.29, 1.82) is 0 Å². The molecule has 0 aliphatic carbocycles. The van der Waals surface area contributed by atoms with Crippen molar-refractivity contribution in [2.45, 2.75) is 20.8 Å². The number of carbonyl (C=O) groups excluding carboxylic acids is 1. The van der Waals surface area contributed by atoms with Crippen LogP contribution in [0, 0.1) is 5.92 Å². The van der Waals surface area contributed by atoms with Gasteiger partial charge in [0.1, 0.15) is 0 Å². The third-order valence-corrected chi connectivity index (χ3v) is 2.02. The number of allylic oxidation sites excluding steroid dienone is 1. The van der Waals surface area contributed by atoms with E-state index in [2.05, 4.69) is 24.2 Å².